The van der Waals surface area contributed by atoms with Crippen LogP contribution in [0.3, 0.4) is 0 Å². The second kappa shape index (κ2) is 16.9. The second-order valence-corrected chi connectivity index (χ2v) is 6.95. The van der Waals surface area contributed by atoms with Crippen LogP contribution in [-0.4, -0.2) is 132 Å². The summed E-state index contributed by atoms with van der Waals surface area (Å²) in [6, 6.07) is 0. The summed E-state index contributed by atoms with van der Waals surface area (Å²) in [7, 11) is -0.538. The lowest BCUT2D eigenvalue weighted by Crippen LogP contribution is -2.47. The standard InChI is InChI=1S/C16H27N4O11P/c21-12(17-1-6-31-32-30)7-19(9-14(24)25)4-2-18(8-13(22)23)3-5-20(10-15(26)27)11-16(28)29/h1-11H2,(H,17,21)(H,22,23)(H,24,25)(H,26,27)(H,28,29). The van der Waals surface area contributed by atoms with Crippen LogP contribution in [0.15, 0.2) is 0 Å². The van der Waals surface area contributed by atoms with E-state index in [-0.39, 0.29) is 45.9 Å². The van der Waals surface area contributed by atoms with Crippen LogP contribution in [0.2, 0.25) is 0 Å². The predicted octanol–water partition coefficient (Wildman–Crippen LogP) is -4.60. The molecule has 16 heteroatoms. The summed E-state index contributed by atoms with van der Waals surface area (Å²) in [5.74, 6) is -5.39. The molecule has 0 spiro atoms. The fourth-order valence-electron chi connectivity index (χ4n) is 2.56. The molecule has 0 heterocycles. The van der Waals surface area contributed by atoms with Gasteiger partial charge in [-0.3, -0.25) is 33.6 Å². The van der Waals surface area contributed by atoms with E-state index in [0.29, 0.717) is 0 Å². The Morgan fingerprint density at radius 2 is 1.34 bits per heavy atom. The van der Waals surface area contributed by atoms with E-state index < -0.39 is 64.7 Å². The third-order valence-corrected chi connectivity index (χ3v) is 4.13. The molecule has 0 rings (SSSR count). The Hall–Kier alpha value is -2.71. The maximum atomic E-state index is 11.9. The molecule has 0 atom stereocenters. The van der Waals surface area contributed by atoms with Gasteiger partial charge in [-0.2, -0.15) is 0 Å². The molecule has 0 unspecified atom stereocenters. The molecule has 0 saturated heterocycles. The third kappa shape index (κ3) is 17.0. The molecular formula is C16H27N4O11P. The van der Waals surface area contributed by atoms with Crippen LogP contribution >= 0.6 is 8.69 Å². The summed E-state index contributed by atoms with van der Waals surface area (Å²) < 4.78 is 14.7. The summed E-state index contributed by atoms with van der Waals surface area (Å²) in [6.45, 7) is -2.31. The Balaban J connectivity index is 4.91. The van der Waals surface area contributed by atoms with E-state index in [0.717, 1.165) is 4.90 Å². The second-order valence-electron chi connectivity index (χ2n) is 6.54. The molecule has 0 aliphatic carbocycles. The maximum Gasteiger partial charge on any atom is 0.530 e. The number of carbonyl (C=O) groups excluding carboxylic acids is 3. The quantitative estimate of drug-likeness (QED) is 0.0846. The van der Waals surface area contributed by atoms with Gasteiger partial charge >= 0.3 is 26.6 Å². The highest BCUT2D eigenvalue weighted by molar-refractivity contribution is 7.17. The minimum Gasteiger partial charge on any atom is -0.564 e. The van der Waals surface area contributed by atoms with Gasteiger partial charge in [0.25, 0.3) is 0 Å². The first-order valence-corrected chi connectivity index (χ1v) is 10.0. The van der Waals surface area contributed by atoms with Crippen LogP contribution in [0, 0.1) is 0 Å². The van der Waals surface area contributed by atoms with E-state index in [2.05, 4.69) is 9.84 Å². The number of carbonyl (C=O) groups is 5. The number of nitrogens with one attached hydrogen (secondary N) is 1. The van der Waals surface area contributed by atoms with Gasteiger partial charge in [0.05, 0.1) is 32.2 Å². The Bertz CT molecular complexity index is 648. The molecule has 5 N–H and O–H groups in total. The molecule has 0 saturated carbocycles. The van der Waals surface area contributed by atoms with Gasteiger partial charge in [-0.05, 0) is 0 Å². The number of hydrogen-bond acceptors (Lipinski definition) is 11. The predicted molar refractivity (Wildman–Crippen MR) is 105 cm³/mol. The monoisotopic (exact) mass is 482 g/mol. The minimum atomic E-state index is -1.46. The molecular weight excluding hydrogens is 455 g/mol. The van der Waals surface area contributed by atoms with Crippen molar-refractivity contribution >= 4 is 38.5 Å². The first kappa shape index (κ1) is 29.3. The van der Waals surface area contributed by atoms with E-state index in [1.165, 1.54) is 9.80 Å². The molecule has 1 amide bonds. The van der Waals surface area contributed by atoms with Crippen molar-refractivity contribution in [3.05, 3.63) is 0 Å². The van der Waals surface area contributed by atoms with Crippen molar-refractivity contribution in [3.63, 3.8) is 0 Å². The molecule has 0 aromatic heterocycles. The van der Waals surface area contributed by atoms with Gasteiger partial charge in [0.15, 0.2) is 6.54 Å². The Kier molecular flexibility index (Phi) is 15.5. The molecule has 0 radical (unpaired) electrons. The minimum absolute atomic E-state index is 0.000534. The molecule has 0 aliphatic heterocycles. The van der Waals surface area contributed by atoms with Crippen LogP contribution < -0.4 is 10.4 Å². The van der Waals surface area contributed by atoms with E-state index in [4.69, 9.17) is 15.3 Å². The lowest BCUT2D eigenvalue weighted by atomic mass is 10.3. The van der Waals surface area contributed by atoms with Crippen LogP contribution in [-0.2, 0) is 33.1 Å². The van der Waals surface area contributed by atoms with E-state index in [1.807, 2.05) is 0 Å². The molecule has 182 valence electrons. The Morgan fingerprint density at radius 3 is 1.81 bits per heavy atom. The number of rotatable bonds is 20. The highest BCUT2D eigenvalue weighted by atomic mass is 31.1. The number of amides is 1. The molecule has 0 aromatic rings. The number of hydrogen-bond donors (Lipinski definition) is 3. The van der Waals surface area contributed by atoms with Gasteiger partial charge < -0.3 is 30.5 Å². The summed E-state index contributed by atoms with van der Waals surface area (Å²) in [5, 5.41) is 38.3. The summed E-state index contributed by atoms with van der Waals surface area (Å²) >= 11 is 0. The van der Waals surface area contributed by atoms with Crippen molar-refractivity contribution in [3.8, 4) is 0 Å². The molecule has 0 bridgehead atoms. The smallest absolute Gasteiger partial charge is 0.530 e. The van der Waals surface area contributed by atoms with Gasteiger partial charge in [0.2, 0.25) is 5.91 Å². The average Bonchev–Trinajstić information content (AvgIpc) is 2.65. The van der Waals surface area contributed by atoms with Crippen LogP contribution in [0.25, 0.3) is 0 Å². The van der Waals surface area contributed by atoms with Crippen LogP contribution in [0.5, 0.6) is 0 Å². The Labute approximate surface area is 184 Å². The van der Waals surface area contributed by atoms with Crippen molar-refractivity contribution in [1.29, 1.82) is 0 Å². The van der Waals surface area contributed by atoms with Gasteiger partial charge in [-0.1, -0.05) is 0 Å². The van der Waals surface area contributed by atoms with Crippen molar-refractivity contribution in [2.45, 2.75) is 0 Å². The number of aliphatic carboxylic acids is 3. The van der Waals surface area contributed by atoms with Crippen LogP contribution in [0.4, 0.5) is 0 Å². The fraction of sp³-hybridized carbons (Fsp3) is 0.688. The van der Waals surface area contributed by atoms with Gasteiger partial charge in [-0.15, -0.1) is 0 Å². The first-order valence-electron chi connectivity index (χ1n) is 9.29. The number of nitrogens with zero attached hydrogens (tertiary/aromatic N) is 3. The van der Waals surface area contributed by atoms with E-state index in [1.54, 1.807) is 0 Å². The molecule has 0 aromatic carbocycles. The zero-order valence-corrected chi connectivity index (χ0v) is 18.1. The van der Waals surface area contributed by atoms with Gasteiger partial charge in [-0.25, -0.2) is 4.57 Å². The zero-order chi connectivity index (χ0) is 24.5. The summed E-state index contributed by atoms with van der Waals surface area (Å²) in [6.07, 6.45) is 0. The van der Waals surface area contributed by atoms with E-state index >= 15 is 0 Å². The van der Waals surface area contributed by atoms with Crippen molar-refractivity contribution in [2.75, 3.05) is 72.1 Å². The van der Waals surface area contributed by atoms with Gasteiger partial charge in [0.1, 0.15) is 0 Å². The molecule has 0 fully saturated rings. The van der Waals surface area contributed by atoms with Crippen LogP contribution in [0.1, 0.15) is 0 Å². The fourth-order valence-corrected chi connectivity index (χ4v) is 2.73. The number of carboxylic acid groups (broad SMARTS) is 3. The lowest BCUT2D eigenvalue weighted by molar-refractivity contribution is -0.306. The van der Waals surface area contributed by atoms with E-state index in [9.17, 15) is 33.6 Å². The van der Waals surface area contributed by atoms with Crippen molar-refractivity contribution in [2.24, 2.45) is 0 Å². The topological polar surface area (TPSA) is 220 Å². The Morgan fingerprint density at radius 1 is 0.844 bits per heavy atom. The largest absolute Gasteiger partial charge is 0.564 e. The first-order chi connectivity index (χ1) is 15.0. The summed E-state index contributed by atoms with van der Waals surface area (Å²) in [5.41, 5.74) is 0. The number of carboxylic acids is 3. The molecule has 0 aliphatic rings. The highest BCUT2D eigenvalue weighted by Crippen LogP contribution is 1.97. The maximum absolute atomic E-state index is 11.9. The SMILES string of the molecule is O=POCCNC(=O)CN(CCN(CCN(CC(=O)[O-])CC(=O)[OH2+])CC(=O)O)CC(=O)O. The van der Waals surface area contributed by atoms with Crippen molar-refractivity contribution < 1.29 is 53.5 Å². The normalized spacial score (nSPS) is 11.2. The summed E-state index contributed by atoms with van der Waals surface area (Å²) in [4.78, 5) is 59.7. The zero-order valence-electron chi connectivity index (χ0n) is 17.2. The third-order valence-electron chi connectivity index (χ3n) is 3.84. The van der Waals surface area contributed by atoms with Crippen molar-refractivity contribution in [1.82, 2.24) is 20.0 Å². The highest BCUT2D eigenvalue weighted by Gasteiger charge is 2.20. The molecule has 32 heavy (non-hydrogen) atoms. The average molecular weight is 482 g/mol. The lowest BCUT2D eigenvalue weighted by Gasteiger charge is -2.27. The molecule has 15 nitrogen and oxygen atoms in total. The van der Waals surface area contributed by atoms with Gasteiger partial charge in [0, 0.05) is 44.1 Å².